The summed E-state index contributed by atoms with van der Waals surface area (Å²) in [5, 5.41) is 1.30. The highest BCUT2D eigenvalue weighted by Crippen LogP contribution is 2.30. The fraction of sp³-hybridized carbons (Fsp3) is 0.321. The average molecular weight is 444 g/mol. The first-order valence-electron chi connectivity index (χ1n) is 11.6. The molecule has 0 bridgehead atoms. The summed E-state index contributed by atoms with van der Waals surface area (Å²) in [5.74, 6) is 1.15. The monoisotopic (exact) mass is 443 g/mol. The SMILES string of the molecule is COc1ccc2c(CN3CCC[C@H](c4ccc(Cc5ccc(F)cc5)cn4)C3)cn(C)c2c1. The summed E-state index contributed by atoms with van der Waals surface area (Å²) in [6.45, 7) is 3.09. The molecule has 0 aliphatic carbocycles. The van der Waals surface area contributed by atoms with Crippen LogP contribution >= 0.6 is 0 Å². The molecular formula is C28H30FN3O. The van der Waals surface area contributed by atoms with E-state index in [2.05, 4.69) is 47.0 Å². The molecule has 0 radical (unpaired) electrons. The molecule has 5 heteroatoms. The summed E-state index contributed by atoms with van der Waals surface area (Å²) in [5.41, 5.74) is 5.99. The topological polar surface area (TPSA) is 30.3 Å². The highest BCUT2D eigenvalue weighted by molar-refractivity contribution is 5.85. The molecule has 0 spiro atoms. The third-order valence-electron chi connectivity index (χ3n) is 6.77. The Morgan fingerprint density at radius 3 is 2.64 bits per heavy atom. The van der Waals surface area contributed by atoms with E-state index in [9.17, 15) is 4.39 Å². The Morgan fingerprint density at radius 1 is 1.06 bits per heavy atom. The number of rotatable bonds is 6. The molecule has 2 aromatic heterocycles. The molecule has 0 unspecified atom stereocenters. The quantitative estimate of drug-likeness (QED) is 0.383. The van der Waals surface area contributed by atoms with Crippen molar-refractivity contribution >= 4 is 10.9 Å². The van der Waals surface area contributed by atoms with E-state index in [1.165, 1.54) is 47.1 Å². The Bertz CT molecular complexity index is 1230. The predicted molar refractivity (Wildman–Crippen MR) is 130 cm³/mol. The van der Waals surface area contributed by atoms with Crippen LogP contribution in [0.25, 0.3) is 10.9 Å². The van der Waals surface area contributed by atoms with Gasteiger partial charge in [-0.25, -0.2) is 4.39 Å². The molecule has 0 N–H and O–H groups in total. The van der Waals surface area contributed by atoms with Gasteiger partial charge >= 0.3 is 0 Å². The van der Waals surface area contributed by atoms with Gasteiger partial charge in [0.1, 0.15) is 11.6 Å². The number of piperidine rings is 1. The third kappa shape index (κ3) is 4.79. The number of halogens is 1. The van der Waals surface area contributed by atoms with Gasteiger partial charge in [0.2, 0.25) is 0 Å². The number of nitrogens with zero attached hydrogens (tertiary/aromatic N) is 3. The Morgan fingerprint density at radius 2 is 1.88 bits per heavy atom. The van der Waals surface area contributed by atoms with Gasteiger partial charge in [0.15, 0.2) is 0 Å². The number of likely N-dealkylation sites (tertiary alicyclic amines) is 1. The van der Waals surface area contributed by atoms with Gasteiger partial charge in [0, 0.05) is 55.6 Å². The lowest BCUT2D eigenvalue weighted by molar-refractivity contribution is 0.199. The van der Waals surface area contributed by atoms with E-state index in [4.69, 9.17) is 9.72 Å². The van der Waals surface area contributed by atoms with Gasteiger partial charge in [-0.1, -0.05) is 18.2 Å². The second-order valence-electron chi connectivity index (χ2n) is 9.12. The van der Waals surface area contributed by atoms with Crippen molar-refractivity contribution in [1.29, 1.82) is 0 Å². The number of hydrogen-bond donors (Lipinski definition) is 0. The maximum Gasteiger partial charge on any atom is 0.123 e. The van der Waals surface area contributed by atoms with E-state index in [0.29, 0.717) is 5.92 Å². The summed E-state index contributed by atoms with van der Waals surface area (Å²) in [6.07, 6.45) is 7.36. The molecular weight excluding hydrogens is 413 g/mol. The van der Waals surface area contributed by atoms with E-state index < -0.39 is 0 Å². The van der Waals surface area contributed by atoms with E-state index in [0.717, 1.165) is 42.9 Å². The number of methoxy groups -OCH3 is 1. The lowest BCUT2D eigenvalue weighted by atomic mass is 9.93. The molecule has 3 heterocycles. The van der Waals surface area contributed by atoms with E-state index in [1.54, 1.807) is 7.11 Å². The summed E-state index contributed by atoms with van der Waals surface area (Å²) < 4.78 is 20.7. The van der Waals surface area contributed by atoms with Crippen molar-refractivity contribution < 1.29 is 9.13 Å². The smallest absolute Gasteiger partial charge is 0.123 e. The zero-order chi connectivity index (χ0) is 22.8. The molecule has 33 heavy (non-hydrogen) atoms. The highest BCUT2D eigenvalue weighted by Gasteiger charge is 2.23. The lowest BCUT2D eigenvalue weighted by Crippen LogP contribution is -2.34. The highest BCUT2D eigenvalue weighted by atomic mass is 19.1. The van der Waals surface area contributed by atoms with Crippen LogP contribution in [-0.4, -0.2) is 34.7 Å². The Hall–Kier alpha value is -3.18. The molecule has 5 rings (SSSR count). The number of ether oxygens (including phenoxy) is 1. The Balaban J connectivity index is 1.26. The third-order valence-corrected chi connectivity index (χ3v) is 6.77. The fourth-order valence-electron chi connectivity index (χ4n) is 5.00. The number of aromatic nitrogens is 2. The molecule has 1 aliphatic rings. The van der Waals surface area contributed by atoms with Gasteiger partial charge in [0.25, 0.3) is 0 Å². The summed E-state index contributed by atoms with van der Waals surface area (Å²) in [7, 11) is 3.81. The number of hydrogen-bond acceptors (Lipinski definition) is 3. The minimum absolute atomic E-state index is 0.197. The molecule has 2 aromatic carbocycles. The van der Waals surface area contributed by atoms with Crippen LogP contribution in [0.5, 0.6) is 5.75 Å². The zero-order valence-corrected chi connectivity index (χ0v) is 19.3. The lowest BCUT2D eigenvalue weighted by Gasteiger charge is -2.32. The molecule has 4 nitrogen and oxygen atoms in total. The summed E-state index contributed by atoms with van der Waals surface area (Å²) in [4.78, 5) is 7.37. The second-order valence-corrected chi connectivity index (χ2v) is 9.12. The summed E-state index contributed by atoms with van der Waals surface area (Å²) >= 11 is 0. The molecule has 0 amide bonds. The Kier molecular flexibility index (Phi) is 6.14. The van der Waals surface area contributed by atoms with E-state index in [1.807, 2.05) is 24.4 Å². The largest absolute Gasteiger partial charge is 0.497 e. The summed E-state index contributed by atoms with van der Waals surface area (Å²) in [6, 6.07) is 17.4. The minimum atomic E-state index is -0.197. The van der Waals surface area contributed by atoms with Gasteiger partial charge in [-0.3, -0.25) is 9.88 Å². The van der Waals surface area contributed by atoms with Crippen molar-refractivity contribution in [3.8, 4) is 5.75 Å². The van der Waals surface area contributed by atoms with Crippen molar-refractivity contribution in [1.82, 2.24) is 14.5 Å². The molecule has 4 aromatic rings. The van der Waals surface area contributed by atoms with E-state index >= 15 is 0 Å². The van der Waals surface area contributed by atoms with Crippen LogP contribution in [0.1, 0.15) is 41.1 Å². The van der Waals surface area contributed by atoms with Crippen LogP contribution in [0.2, 0.25) is 0 Å². The Labute approximate surface area is 194 Å². The normalized spacial score (nSPS) is 16.9. The van der Waals surface area contributed by atoms with E-state index in [-0.39, 0.29) is 5.82 Å². The molecule has 1 saturated heterocycles. The van der Waals surface area contributed by atoms with Crippen LogP contribution < -0.4 is 4.74 Å². The van der Waals surface area contributed by atoms with Crippen molar-refractivity contribution in [3.05, 3.63) is 95.2 Å². The molecule has 0 saturated carbocycles. The molecule has 1 atom stereocenters. The van der Waals surface area contributed by atoms with Crippen molar-refractivity contribution in [2.75, 3.05) is 20.2 Å². The van der Waals surface area contributed by atoms with Crippen LogP contribution in [-0.2, 0) is 20.0 Å². The van der Waals surface area contributed by atoms with Crippen LogP contribution in [0.15, 0.2) is 67.0 Å². The number of pyridine rings is 1. The number of aryl methyl sites for hydroxylation is 1. The first kappa shape index (κ1) is 21.7. The van der Waals surface area contributed by atoms with Crippen LogP contribution in [0.3, 0.4) is 0 Å². The number of benzene rings is 2. The van der Waals surface area contributed by atoms with Gasteiger partial charge in [-0.2, -0.15) is 0 Å². The average Bonchev–Trinajstić information content (AvgIpc) is 3.15. The molecule has 1 aliphatic heterocycles. The first-order chi connectivity index (χ1) is 16.1. The van der Waals surface area contributed by atoms with Crippen molar-refractivity contribution in [3.63, 3.8) is 0 Å². The van der Waals surface area contributed by atoms with Crippen LogP contribution in [0.4, 0.5) is 4.39 Å². The predicted octanol–water partition coefficient (Wildman–Crippen LogP) is 5.69. The van der Waals surface area contributed by atoms with Crippen molar-refractivity contribution in [2.45, 2.75) is 31.7 Å². The standard InChI is InChI=1S/C28H30FN3O/c1-31-17-23(26-11-10-25(33-2)15-28(26)31)19-32-13-3-4-22(18-32)27-12-7-21(16-30-27)14-20-5-8-24(29)9-6-20/h5-12,15-17,22H,3-4,13-14,18-19H2,1-2H3/t22-/m0/s1. The van der Waals surface area contributed by atoms with Gasteiger partial charge in [0.05, 0.1) is 12.6 Å². The first-order valence-corrected chi connectivity index (χ1v) is 11.6. The second kappa shape index (κ2) is 9.36. The fourth-order valence-corrected chi connectivity index (χ4v) is 5.00. The number of fused-ring (bicyclic) bond motifs is 1. The van der Waals surface area contributed by atoms with Crippen molar-refractivity contribution in [2.24, 2.45) is 7.05 Å². The van der Waals surface area contributed by atoms with Crippen LogP contribution in [0, 0.1) is 5.82 Å². The molecule has 1 fully saturated rings. The van der Waals surface area contributed by atoms with Gasteiger partial charge < -0.3 is 9.30 Å². The zero-order valence-electron chi connectivity index (χ0n) is 19.3. The van der Waals surface area contributed by atoms with Gasteiger partial charge in [-0.15, -0.1) is 0 Å². The minimum Gasteiger partial charge on any atom is -0.497 e. The maximum absolute atomic E-state index is 13.1. The maximum atomic E-state index is 13.1. The molecule has 170 valence electrons. The van der Waals surface area contributed by atoms with Gasteiger partial charge in [-0.05, 0) is 72.8 Å².